The molecule has 0 fully saturated rings. The summed E-state index contributed by atoms with van der Waals surface area (Å²) >= 11 is 5.33. The lowest BCUT2D eigenvalue weighted by Gasteiger charge is -2.13. The molecular weight excluding hydrogens is 286 g/mol. The van der Waals surface area contributed by atoms with Crippen molar-refractivity contribution in [3.8, 4) is 11.3 Å². The van der Waals surface area contributed by atoms with E-state index in [1.165, 1.54) is 5.56 Å². The van der Waals surface area contributed by atoms with Gasteiger partial charge >= 0.3 is 0 Å². The molecule has 0 saturated carbocycles. The van der Waals surface area contributed by atoms with Gasteiger partial charge in [-0.15, -0.1) is 0 Å². The molecule has 0 radical (unpaired) electrons. The monoisotopic (exact) mass is 303 g/mol. The van der Waals surface area contributed by atoms with E-state index in [-0.39, 0.29) is 12.0 Å². The second-order valence-corrected chi connectivity index (χ2v) is 5.70. The fourth-order valence-electron chi connectivity index (χ4n) is 2.48. The normalized spacial score (nSPS) is 10.7. The van der Waals surface area contributed by atoms with Gasteiger partial charge < -0.3 is 4.57 Å². The first-order valence-corrected chi connectivity index (χ1v) is 7.23. The molecule has 0 unspecified atom stereocenters. The van der Waals surface area contributed by atoms with E-state index in [9.17, 15) is 9.59 Å². The third-order valence-corrected chi connectivity index (χ3v) is 3.82. The molecule has 0 aliphatic rings. The van der Waals surface area contributed by atoms with Crippen molar-refractivity contribution >= 4 is 16.8 Å². The molecule has 0 N–H and O–H groups in total. The topological polar surface area (TPSA) is 39.1 Å². The highest BCUT2D eigenvalue weighted by atomic mass is 35.5. The van der Waals surface area contributed by atoms with Crippen LogP contribution < -0.4 is 5.56 Å². The van der Waals surface area contributed by atoms with Crippen molar-refractivity contribution in [2.45, 2.75) is 26.7 Å². The summed E-state index contributed by atoms with van der Waals surface area (Å²) in [6.45, 7) is 4.08. The van der Waals surface area contributed by atoms with Crippen molar-refractivity contribution in [1.29, 1.82) is 0 Å². The van der Waals surface area contributed by atoms with E-state index in [2.05, 4.69) is 6.07 Å². The van der Waals surface area contributed by atoms with E-state index >= 15 is 0 Å². The zero-order valence-electron chi connectivity index (χ0n) is 12.4. The fourth-order valence-corrected chi connectivity index (χ4v) is 2.58. The Bertz CT molecular complexity index is 747. The third kappa shape index (κ3) is 3.42. The molecule has 2 rings (SSSR count). The van der Waals surface area contributed by atoms with Crippen LogP contribution in [0.15, 0.2) is 35.1 Å². The first kappa shape index (κ1) is 15.5. The van der Waals surface area contributed by atoms with Gasteiger partial charge in [0.15, 0.2) is 0 Å². The predicted molar refractivity (Wildman–Crippen MR) is 85.8 cm³/mol. The van der Waals surface area contributed by atoms with Crippen LogP contribution in [-0.2, 0) is 18.3 Å². The Kier molecular flexibility index (Phi) is 4.63. The maximum absolute atomic E-state index is 12.4. The molecular formula is C17H18ClNO2. The summed E-state index contributed by atoms with van der Waals surface area (Å²) < 4.78 is 1.63. The number of halogens is 1. The van der Waals surface area contributed by atoms with Gasteiger partial charge in [0.05, 0.1) is 5.69 Å². The lowest BCUT2D eigenvalue weighted by Crippen LogP contribution is -2.22. The molecule has 0 aliphatic heterocycles. The smallest absolute Gasteiger partial charge is 0.253 e. The van der Waals surface area contributed by atoms with Crippen LogP contribution in [0.25, 0.3) is 11.3 Å². The first-order chi connectivity index (χ1) is 9.90. The summed E-state index contributed by atoms with van der Waals surface area (Å²) in [5.74, 6) is 0. The molecule has 0 saturated heterocycles. The number of carbonyl (C=O) groups excluding carboxylic acids is 1. The van der Waals surface area contributed by atoms with E-state index in [1.54, 1.807) is 17.7 Å². The Hall–Kier alpha value is -1.87. The molecule has 0 spiro atoms. The third-order valence-electron chi connectivity index (χ3n) is 3.63. The average molecular weight is 304 g/mol. The van der Waals surface area contributed by atoms with Crippen molar-refractivity contribution in [3.05, 3.63) is 57.4 Å². The maximum atomic E-state index is 12.4. The van der Waals surface area contributed by atoms with Crippen molar-refractivity contribution in [2.24, 2.45) is 7.05 Å². The van der Waals surface area contributed by atoms with E-state index < -0.39 is 5.24 Å². The van der Waals surface area contributed by atoms with Crippen LogP contribution >= 0.6 is 11.6 Å². The second-order valence-electron chi connectivity index (χ2n) is 5.28. The molecule has 1 heterocycles. The molecule has 4 heteroatoms. The minimum Gasteiger partial charge on any atom is -0.311 e. The van der Waals surface area contributed by atoms with E-state index in [0.29, 0.717) is 12.0 Å². The lowest BCUT2D eigenvalue weighted by molar-refractivity contribution is -0.111. The number of hydrogen-bond donors (Lipinski definition) is 0. The Morgan fingerprint density at radius 1 is 1.19 bits per heavy atom. The number of aryl methyl sites for hydroxylation is 3. The van der Waals surface area contributed by atoms with Crippen LogP contribution in [0.4, 0.5) is 0 Å². The largest absolute Gasteiger partial charge is 0.311 e. The molecule has 1 aromatic heterocycles. The van der Waals surface area contributed by atoms with Crippen LogP contribution in [0, 0.1) is 13.8 Å². The molecule has 21 heavy (non-hydrogen) atoms. The second kappa shape index (κ2) is 6.27. The molecule has 1 aromatic carbocycles. The van der Waals surface area contributed by atoms with Gasteiger partial charge in [0, 0.05) is 24.6 Å². The number of benzene rings is 1. The van der Waals surface area contributed by atoms with E-state index in [4.69, 9.17) is 11.6 Å². The Labute approximate surface area is 129 Å². The van der Waals surface area contributed by atoms with Gasteiger partial charge in [0.1, 0.15) is 0 Å². The fraction of sp³-hybridized carbons (Fsp3) is 0.294. The molecule has 0 bridgehead atoms. The maximum Gasteiger partial charge on any atom is 0.253 e. The van der Waals surface area contributed by atoms with Crippen molar-refractivity contribution < 1.29 is 4.79 Å². The summed E-state index contributed by atoms with van der Waals surface area (Å²) in [7, 11) is 1.75. The van der Waals surface area contributed by atoms with Crippen molar-refractivity contribution in [1.82, 2.24) is 4.57 Å². The Morgan fingerprint density at radius 2 is 1.90 bits per heavy atom. The van der Waals surface area contributed by atoms with Gasteiger partial charge in [-0.1, -0.05) is 29.8 Å². The number of aromatic nitrogens is 1. The van der Waals surface area contributed by atoms with Crippen LogP contribution in [0.5, 0.6) is 0 Å². The van der Waals surface area contributed by atoms with Gasteiger partial charge in [-0.05, 0) is 43.5 Å². The van der Waals surface area contributed by atoms with Gasteiger partial charge in [0.2, 0.25) is 5.24 Å². The first-order valence-electron chi connectivity index (χ1n) is 6.85. The van der Waals surface area contributed by atoms with E-state index in [0.717, 1.165) is 16.8 Å². The van der Waals surface area contributed by atoms with Crippen LogP contribution in [0.3, 0.4) is 0 Å². The van der Waals surface area contributed by atoms with Gasteiger partial charge in [-0.25, -0.2) is 0 Å². The summed E-state index contributed by atoms with van der Waals surface area (Å²) in [5, 5.41) is -0.421. The molecule has 110 valence electrons. The zero-order chi connectivity index (χ0) is 15.6. The minimum atomic E-state index is -0.421. The average Bonchev–Trinajstić information content (AvgIpc) is 2.41. The number of rotatable bonds is 4. The van der Waals surface area contributed by atoms with Crippen LogP contribution in [0.2, 0.25) is 0 Å². The molecule has 0 atom stereocenters. The molecule has 0 amide bonds. The molecule has 0 aliphatic carbocycles. The Morgan fingerprint density at radius 3 is 2.52 bits per heavy atom. The number of hydrogen-bond acceptors (Lipinski definition) is 2. The summed E-state index contributed by atoms with van der Waals surface area (Å²) in [5.41, 5.74) is 4.77. The summed E-state index contributed by atoms with van der Waals surface area (Å²) in [6.07, 6.45) is 0.557. The number of nitrogens with zero attached hydrogens (tertiary/aromatic N) is 1. The SMILES string of the molecule is Cc1ccc(-c2ccc(CCC(=O)Cl)c(=O)n2C)c(C)c1. The zero-order valence-corrected chi connectivity index (χ0v) is 13.2. The standard InChI is InChI=1S/C17H18ClNO2/c1-11-4-7-14(12(2)10-11)15-8-5-13(6-9-16(18)20)17(21)19(15)3/h4-5,7-8,10H,6,9H2,1-3H3. The van der Waals surface area contributed by atoms with Crippen LogP contribution in [0.1, 0.15) is 23.1 Å². The van der Waals surface area contributed by atoms with Crippen molar-refractivity contribution in [3.63, 3.8) is 0 Å². The van der Waals surface area contributed by atoms with Gasteiger partial charge in [-0.2, -0.15) is 0 Å². The molecule has 2 aromatic rings. The van der Waals surface area contributed by atoms with E-state index in [1.807, 2.05) is 32.0 Å². The predicted octanol–water partition coefficient (Wildman–Crippen LogP) is 3.37. The minimum absolute atomic E-state index is 0.0783. The number of carbonyl (C=O) groups is 1. The highest BCUT2D eigenvalue weighted by molar-refractivity contribution is 6.63. The highest BCUT2D eigenvalue weighted by Crippen LogP contribution is 2.23. The lowest BCUT2D eigenvalue weighted by atomic mass is 10.0. The van der Waals surface area contributed by atoms with Gasteiger partial charge in [0.25, 0.3) is 5.56 Å². The quantitative estimate of drug-likeness (QED) is 0.812. The van der Waals surface area contributed by atoms with Crippen LogP contribution in [-0.4, -0.2) is 9.81 Å². The summed E-state index contributed by atoms with van der Waals surface area (Å²) in [4.78, 5) is 23.2. The Balaban J connectivity index is 2.45. The number of pyridine rings is 1. The van der Waals surface area contributed by atoms with Crippen molar-refractivity contribution in [2.75, 3.05) is 0 Å². The summed E-state index contributed by atoms with van der Waals surface area (Å²) in [6, 6.07) is 9.87. The molecule has 3 nitrogen and oxygen atoms in total. The van der Waals surface area contributed by atoms with Gasteiger partial charge in [-0.3, -0.25) is 9.59 Å². The highest BCUT2D eigenvalue weighted by Gasteiger charge is 2.10.